The molecule has 1 spiro atoms. The predicted octanol–water partition coefficient (Wildman–Crippen LogP) is 2.57. The fourth-order valence-electron chi connectivity index (χ4n) is 4.60. The van der Waals surface area contributed by atoms with Crippen molar-refractivity contribution in [2.24, 2.45) is 0 Å². The van der Waals surface area contributed by atoms with E-state index >= 15 is 0 Å². The molecule has 2 aliphatic heterocycles. The molecule has 1 aromatic rings. The van der Waals surface area contributed by atoms with Crippen molar-refractivity contribution in [1.29, 1.82) is 5.26 Å². The average molecular weight is 400 g/mol. The Morgan fingerprint density at radius 2 is 1.86 bits per heavy atom. The Labute approximate surface area is 168 Å². The normalized spacial score (nSPS) is 26.9. The third kappa shape index (κ3) is 3.25. The van der Waals surface area contributed by atoms with Crippen LogP contribution in [0.3, 0.4) is 0 Å². The van der Waals surface area contributed by atoms with Gasteiger partial charge in [0.15, 0.2) is 5.25 Å². The van der Waals surface area contributed by atoms with Gasteiger partial charge < -0.3 is 15.0 Å². The number of morpholine rings is 1. The number of nitrogens with zero attached hydrogens (tertiary/aromatic N) is 2. The zero-order chi connectivity index (χ0) is 19.6. The van der Waals surface area contributed by atoms with Crippen molar-refractivity contribution in [3.8, 4) is 6.07 Å². The Balaban J connectivity index is 1.74. The van der Waals surface area contributed by atoms with E-state index < -0.39 is 20.8 Å². The molecule has 7 heteroatoms. The molecule has 1 aliphatic carbocycles. The number of nitrogens with one attached hydrogen (secondary N) is 1. The second-order valence-corrected chi connectivity index (χ2v) is 9.41. The molecule has 6 nitrogen and oxygen atoms in total. The van der Waals surface area contributed by atoms with E-state index in [0.29, 0.717) is 56.1 Å². The van der Waals surface area contributed by atoms with Crippen LogP contribution in [0.2, 0.25) is 0 Å². The molecule has 2 fully saturated rings. The quantitative estimate of drug-likeness (QED) is 0.845. The number of carbonyl (C=O) groups is 1. The molecule has 1 N–H and O–H groups in total. The van der Waals surface area contributed by atoms with Crippen molar-refractivity contribution < 1.29 is 13.7 Å². The van der Waals surface area contributed by atoms with E-state index in [-0.39, 0.29) is 5.91 Å². The number of para-hydroxylation sites is 1. The van der Waals surface area contributed by atoms with Crippen molar-refractivity contribution in [2.75, 3.05) is 31.6 Å². The van der Waals surface area contributed by atoms with Crippen LogP contribution in [0.4, 0.5) is 5.69 Å². The summed E-state index contributed by atoms with van der Waals surface area (Å²) in [4.78, 5) is 15.3. The van der Waals surface area contributed by atoms with Crippen LogP contribution in [0.15, 0.2) is 41.6 Å². The fourth-order valence-corrected chi connectivity index (χ4v) is 6.82. The Hall–Kier alpha value is -2.17. The van der Waals surface area contributed by atoms with E-state index in [1.165, 1.54) is 0 Å². The lowest BCUT2D eigenvalue weighted by Gasteiger charge is -2.33. The summed E-state index contributed by atoms with van der Waals surface area (Å²) >= 11 is 0. The van der Waals surface area contributed by atoms with E-state index in [9.17, 15) is 14.3 Å². The minimum Gasteiger partial charge on any atom is -0.378 e. The maximum Gasteiger partial charge on any atom is 0.246 e. The van der Waals surface area contributed by atoms with E-state index in [1.54, 1.807) is 0 Å². The summed E-state index contributed by atoms with van der Waals surface area (Å²) in [7, 11) is -1.46. The fraction of sp³-hybridized carbons (Fsp3) is 0.524. The number of amides is 1. The van der Waals surface area contributed by atoms with Crippen LogP contribution in [0.1, 0.15) is 32.1 Å². The lowest BCUT2D eigenvalue weighted by atomic mass is 9.82. The monoisotopic (exact) mass is 399 g/mol. The molecular weight excluding hydrogens is 374 g/mol. The van der Waals surface area contributed by atoms with Gasteiger partial charge in [-0.05, 0) is 25.0 Å². The predicted molar refractivity (Wildman–Crippen MR) is 108 cm³/mol. The summed E-state index contributed by atoms with van der Waals surface area (Å²) in [5.74, 6) is -0.291. The lowest BCUT2D eigenvalue weighted by molar-refractivity contribution is -0.115. The summed E-state index contributed by atoms with van der Waals surface area (Å²) in [6.07, 6.45) is 4.41. The molecule has 1 saturated heterocycles. The van der Waals surface area contributed by atoms with Crippen LogP contribution in [-0.2, 0) is 20.3 Å². The van der Waals surface area contributed by atoms with Gasteiger partial charge in [0.1, 0.15) is 0 Å². The number of carbonyl (C=O) groups excluding carboxylic acids is 1. The van der Waals surface area contributed by atoms with Gasteiger partial charge in [-0.2, -0.15) is 5.26 Å². The minimum atomic E-state index is -1.46. The number of nitriles is 1. The second kappa shape index (κ2) is 8.06. The third-order valence-corrected chi connectivity index (χ3v) is 8.21. The van der Waals surface area contributed by atoms with Gasteiger partial charge in [0.05, 0.1) is 46.1 Å². The molecule has 0 radical (unpaired) electrons. The first-order valence-electron chi connectivity index (χ1n) is 9.91. The van der Waals surface area contributed by atoms with Crippen LogP contribution < -0.4 is 5.32 Å². The van der Waals surface area contributed by atoms with Crippen LogP contribution >= 0.6 is 0 Å². The molecule has 1 amide bonds. The lowest BCUT2D eigenvalue weighted by Crippen LogP contribution is -2.44. The number of ether oxygens (including phenoxy) is 1. The number of rotatable bonds is 3. The number of hydrogen-bond acceptors (Lipinski definition) is 5. The van der Waals surface area contributed by atoms with Gasteiger partial charge in [-0.25, -0.2) is 0 Å². The summed E-state index contributed by atoms with van der Waals surface area (Å²) < 4.78 is 18.5. The highest BCUT2D eigenvalue weighted by Crippen LogP contribution is 2.49. The summed E-state index contributed by atoms with van der Waals surface area (Å²) in [5.41, 5.74) is 1.91. The standard InChI is InChI=1S/C21H25N3O3S/c22-15-17-18(24-11-13-27-14-12-24)19(20(25)23-16-7-3-1-4-8-16)28(26)21(17)9-5-2-6-10-21/h1,3-4,7-8,19H,2,5-6,9-14H2,(H,23,25). The van der Waals surface area contributed by atoms with E-state index in [4.69, 9.17) is 4.74 Å². The molecule has 2 atom stereocenters. The largest absolute Gasteiger partial charge is 0.378 e. The van der Waals surface area contributed by atoms with Crippen molar-refractivity contribution >= 4 is 22.4 Å². The highest BCUT2D eigenvalue weighted by Gasteiger charge is 2.56. The van der Waals surface area contributed by atoms with E-state index in [1.807, 2.05) is 30.3 Å². The van der Waals surface area contributed by atoms with Crippen LogP contribution in [0, 0.1) is 11.3 Å². The maximum absolute atomic E-state index is 13.7. The molecule has 1 saturated carbocycles. The molecule has 3 aliphatic rings. The molecule has 0 aromatic heterocycles. The Morgan fingerprint density at radius 1 is 1.18 bits per heavy atom. The Bertz CT molecular complexity index is 834. The van der Waals surface area contributed by atoms with Gasteiger partial charge in [0.25, 0.3) is 0 Å². The van der Waals surface area contributed by atoms with Crippen molar-refractivity contribution in [1.82, 2.24) is 4.90 Å². The summed E-state index contributed by atoms with van der Waals surface area (Å²) in [6, 6.07) is 11.6. The van der Waals surface area contributed by atoms with Crippen LogP contribution in [-0.4, -0.2) is 51.3 Å². The van der Waals surface area contributed by atoms with Gasteiger partial charge in [-0.3, -0.25) is 9.00 Å². The van der Waals surface area contributed by atoms with Crippen molar-refractivity contribution in [3.05, 3.63) is 41.6 Å². The van der Waals surface area contributed by atoms with Crippen molar-refractivity contribution in [2.45, 2.75) is 42.1 Å². The van der Waals surface area contributed by atoms with Gasteiger partial charge in [0.2, 0.25) is 5.91 Å². The van der Waals surface area contributed by atoms with Crippen LogP contribution in [0.25, 0.3) is 0 Å². The number of benzene rings is 1. The zero-order valence-corrected chi connectivity index (χ0v) is 16.7. The first-order valence-corrected chi connectivity index (χ1v) is 11.1. The first-order chi connectivity index (χ1) is 13.7. The summed E-state index contributed by atoms with van der Waals surface area (Å²) in [5, 5.41) is 12.2. The minimum absolute atomic E-state index is 0.291. The first kappa shape index (κ1) is 19.2. The molecule has 4 rings (SSSR count). The number of anilines is 1. The second-order valence-electron chi connectivity index (χ2n) is 7.56. The van der Waals surface area contributed by atoms with Gasteiger partial charge >= 0.3 is 0 Å². The van der Waals surface area contributed by atoms with E-state index in [0.717, 1.165) is 19.3 Å². The van der Waals surface area contributed by atoms with E-state index in [2.05, 4.69) is 16.3 Å². The molecule has 148 valence electrons. The highest BCUT2D eigenvalue weighted by atomic mass is 32.2. The smallest absolute Gasteiger partial charge is 0.246 e. The molecule has 2 heterocycles. The van der Waals surface area contributed by atoms with Crippen LogP contribution in [0.5, 0.6) is 0 Å². The molecule has 0 bridgehead atoms. The Kier molecular flexibility index (Phi) is 5.51. The topological polar surface area (TPSA) is 82.4 Å². The highest BCUT2D eigenvalue weighted by molar-refractivity contribution is 7.88. The molecule has 1 aromatic carbocycles. The van der Waals surface area contributed by atoms with Crippen molar-refractivity contribution in [3.63, 3.8) is 0 Å². The number of hydrogen-bond donors (Lipinski definition) is 1. The molecular formula is C21H25N3O3S. The third-order valence-electron chi connectivity index (χ3n) is 5.96. The SMILES string of the molecule is N#CC1=C(N2CCOCC2)C(C(=O)Nc2ccccc2)S(=O)C12CCCCC2. The Morgan fingerprint density at radius 3 is 2.50 bits per heavy atom. The molecule has 2 unspecified atom stereocenters. The van der Waals surface area contributed by atoms with Gasteiger partial charge in [0, 0.05) is 18.8 Å². The zero-order valence-electron chi connectivity index (χ0n) is 15.9. The summed E-state index contributed by atoms with van der Waals surface area (Å²) in [6.45, 7) is 2.33. The maximum atomic E-state index is 13.7. The van der Waals surface area contributed by atoms with Gasteiger partial charge in [-0.1, -0.05) is 37.5 Å². The van der Waals surface area contributed by atoms with Gasteiger partial charge in [-0.15, -0.1) is 0 Å². The average Bonchev–Trinajstić information content (AvgIpc) is 2.98. The molecule has 28 heavy (non-hydrogen) atoms.